The van der Waals surface area contributed by atoms with Crippen molar-refractivity contribution in [2.75, 3.05) is 6.61 Å². The van der Waals surface area contributed by atoms with Crippen LogP contribution in [0.15, 0.2) is 0 Å². The van der Waals surface area contributed by atoms with Crippen LogP contribution in [0, 0.1) is 0 Å². The van der Waals surface area contributed by atoms with Crippen molar-refractivity contribution in [3.63, 3.8) is 0 Å². The minimum absolute atomic E-state index is 0.126. The van der Waals surface area contributed by atoms with Gasteiger partial charge in [-0.05, 0) is 6.42 Å². The van der Waals surface area contributed by atoms with Gasteiger partial charge in [0.15, 0.2) is 6.61 Å². The van der Waals surface area contributed by atoms with Crippen molar-refractivity contribution >= 4 is 11.9 Å². The van der Waals surface area contributed by atoms with Gasteiger partial charge in [-0.25, -0.2) is 4.79 Å². The van der Waals surface area contributed by atoms with Gasteiger partial charge in [0.05, 0.1) is 0 Å². The van der Waals surface area contributed by atoms with Crippen LogP contribution in [0.2, 0.25) is 0 Å². The number of hydrogen-bond donors (Lipinski definition) is 1. The lowest BCUT2D eigenvalue weighted by Gasteiger charge is -2.21. The van der Waals surface area contributed by atoms with Crippen molar-refractivity contribution in [1.82, 2.24) is 5.32 Å². The standard InChI is InChI=1S/C7H11NO3/c1-2-3-5-7(10)11-4-6(9)8-5/h5H,2-4H2,1H3,(H,8,9). The Morgan fingerprint density at radius 1 is 1.64 bits per heavy atom. The van der Waals surface area contributed by atoms with Gasteiger partial charge in [-0.2, -0.15) is 0 Å². The zero-order chi connectivity index (χ0) is 8.27. The molecule has 0 radical (unpaired) electrons. The summed E-state index contributed by atoms with van der Waals surface area (Å²) in [6.45, 7) is 1.83. The van der Waals surface area contributed by atoms with E-state index in [9.17, 15) is 9.59 Å². The normalized spacial score (nSPS) is 24.3. The topological polar surface area (TPSA) is 55.4 Å². The van der Waals surface area contributed by atoms with Crippen LogP contribution in [0.4, 0.5) is 0 Å². The second-order valence-electron chi connectivity index (χ2n) is 2.52. The minimum atomic E-state index is -0.416. The van der Waals surface area contributed by atoms with Gasteiger partial charge < -0.3 is 10.1 Å². The quantitative estimate of drug-likeness (QED) is 0.566. The second-order valence-corrected chi connectivity index (χ2v) is 2.52. The Bertz CT molecular complexity index is 179. The summed E-state index contributed by atoms with van der Waals surface area (Å²) in [7, 11) is 0. The first kappa shape index (κ1) is 8.04. The zero-order valence-corrected chi connectivity index (χ0v) is 6.42. The Balaban J connectivity index is 2.47. The van der Waals surface area contributed by atoms with E-state index in [4.69, 9.17) is 0 Å². The lowest BCUT2D eigenvalue weighted by Crippen LogP contribution is -2.48. The molecule has 1 aliphatic rings. The van der Waals surface area contributed by atoms with E-state index in [1.54, 1.807) is 0 Å². The van der Waals surface area contributed by atoms with E-state index < -0.39 is 6.04 Å². The fourth-order valence-corrected chi connectivity index (χ4v) is 1.01. The van der Waals surface area contributed by atoms with E-state index in [-0.39, 0.29) is 18.5 Å². The van der Waals surface area contributed by atoms with Crippen LogP contribution in [-0.2, 0) is 14.3 Å². The molecule has 0 aromatic rings. The molecule has 0 aromatic heterocycles. The Kier molecular flexibility index (Phi) is 2.46. The molecule has 62 valence electrons. The van der Waals surface area contributed by atoms with Crippen LogP contribution >= 0.6 is 0 Å². The van der Waals surface area contributed by atoms with Crippen molar-refractivity contribution in [3.05, 3.63) is 0 Å². The Morgan fingerprint density at radius 2 is 2.36 bits per heavy atom. The molecule has 11 heavy (non-hydrogen) atoms. The first-order valence-corrected chi connectivity index (χ1v) is 3.70. The molecule has 0 saturated carbocycles. The van der Waals surface area contributed by atoms with Gasteiger partial charge in [0.2, 0.25) is 0 Å². The lowest BCUT2D eigenvalue weighted by molar-refractivity contribution is -0.157. The van der Waals surface area contributed by atoms with Crippen molar-refractivity contribution in [2.24, 2.45) is 0 Å². The zero-order valence-electron chi connectivity index (χ0n) is 6.42. The van der Waals surface area contributed by atoms with E-state index in [0.717, 1.165) is 6.42 Å². The summed E-state index contributed by atoms with van der Waals surface area (Å²) in [6.07, 6.45) is 1.52. The summed E-state index contributed by atoms with van der Waals surface area (Å²) in [5, 5.41) is 2.55. The molecule has 4 heteroatoms. The molecule has 0 aliphatic carbocycles. The largest absolute Gasteiger partial charge is 0.454 e. The number of cyclic esters (lactones) is 1. The third kappa shape index (κ3) is 1.93. The molecule has 1 fully saturated rings. The number of amides is 1. The number of ether oxygens (including phenoxy) is 1. The summed E-state index contributed by atoms with van der Waals surface area (Å²) >= 11 is 0. The first-order valence-electron chi connectivity index (χ1n) is 3.70. The van der Waals surface area contributed by atoms with Crippen molar-refractivity contribution in [1.29, 1.82) is 0 Å². The van der Waals surface area contributed by atoms with Crippen LogP contribution in [0.1, 0.15) is 19.8 Å². The van der Waals surface area contributed by atoms with Crippen molar-refractivity contribution < 1.29 is 14.3 Å². The molecule has 0 bridgehead atoms. The van der Waals surface area contributed by atoms with E-state index in [1.165, 1.54) is 0 Å². The van der Waals surface area contributed by atoms with Crippen LogP contribution in [0.3, 0.4) is 0 Å². The Hall–Kier alpha value is -1.06. The fourth-order valence-electron chi connectivity index (χ4n) is 1.01. The van der Waals surface area contributed by atoms with E-state index in [1.807, 2.05) is 6.92 Å². The summed E-state index contributed by atoms with van der Waals surface area (Å²) in [4.78, 5) is 21.6. The Labute approximate surface area is 64.9 Å². The molecule has 1 atom stereocenters. The highest BCUT2D eigenvalue weighted by molar-refractivity contribution is 5.90. The number of nitrogens with one attached hydrogen (secondary N) is 1. The van der Waals surface area contributed by atoms with E-state index in [2.05, 4.69) is 10.1 Å². The van der Waals surface area contributed by atoms with Gasteiger partial charge in [0.25, 0.3) is 5.91 Å². The third-order valence-corrected chi connectivity index (χ3v) is 1.54. The Morgan fingerprint density at radius 3 is 3.00 bits per heavy atom. The number of carbonyl (C=O) groups is 2. The minimum Gasteiger partial charge on any atom is -0.454 e. The highest BCUT2D eigenvalue weighted by Crippen LogP contribution is 2.03. The summed E-state index contributed by atoms with van der Waals surface area (Å²) in [5.41, 5.74) is 0. The molecule has 1 unspecified atom stereocenters. The van der Waals surface area contributed by atoms with Crippen LogP contribution in [-0.4, -0.2) is 24.5 Å². The van der Waals surface area contributed by atoms with Crippen LogP contribution in [0.5, 0.6) is 0 Å². The average Bonchev–Trinajstić information content (AvgIpc) is 1.98. The molecular weight excluding hydrogens is 146 g/mol. The smallest absolute Gasteiger partial charge is 0.329 e. The maximum absolute atomic E-state index is 10.9. The van der Waals surface area contributed by atoms with Gasteiger partial charge in [0, 0.05) is 0 Å². The van der Waals surface area contributed by atoms with Gasteiger partial charge in [-0.3, -0.25) is 4.79 Å². The molecule has 1 N–H and O–H groups in total. The highest BCUT2D eigenvalue weighted by Gasteiger charge is 2.26. The number of carbonyl (C=O) groups excluding carboxylic acids is 2. The summed E-state index contributed by atoms with van der Waals surface area (Å²) in [6, 6.07) is -0.416. The molecule has 0 spiro atoms. The molecule has 1 aliphatic heterocycles. The van der Waals surface area contributed by atoms with Crippen molar-refractivity contribution in [3.8, 4) is 0 Å². The molecule has 4 nitrogen and oxygen atoms in total. The predicted octanol–water partition coefficient (Wildman–Crippen LogP) is -0.172. The molecular formula is C7H11NO3. The lowest BCUT2D eigenvalue weighted by atomic mass is 10.1. The molecule has 0 aromatic carbocycles. The van der Waals surface area contributed by atoms with Gasteiger partial charge in [-0.15, -0.1) is 0 Å². The maximum atomic E-state index is 10.9. The maximum Gasteiger partial charge on any atom is 0.329 e. The number of hydrogen-bond acceptors (Lipinski definition) is 3. The first-order chi connectivity index (χ1) is 5.24. The average molecular weight is 157 g/mol. The van der Waals surface area contributed by atoms with Crippen molar-refractivity contribution in [2.45, 2.75) is 25.8 Å². The SMILES string of the molecule is CCCC1NC(=O)COC1=O. The molecule has 1 rings (SSSR count). The third-order valence-electron chi connectivity index (χ3n) is 1.54. The number of rotatable bonds is 2. The van der Waals surface area contributed by atoms with Gasteiger partial charge >= 0.3 is 5.97 Å². The monoisotopic (exact) mass is 157 g/mol. The fraction of sp³-hybridized carbons (Fsp3) is 0.714. The molecule has 1 heterocycles. The predicted molar refractivity (Wildman–Crippen MR) is 37.8 cm³/mol. The second kappa shape index (κ2) is 3.37. The van der Waals surface area contributed by atoms with Crippen LogP contribution in [0.25, 0.3) is 0 Å². The highest BCUT2D eigenvalue weighted by atomic mass is 16.5. The van der Waals surface area contributed by atoms with E-state index in [0.29, 0.717) is 6.42 Å². The van der Waals surface area contributed by atoms with E-state index >= 15 is 0 Å². The number of esters is 1. The summed E-state index contributed by atoms with van der Waals surface area (Å²) < 4.78 is 4.60. The molecule has 1 amide bonds. The summed E-state index contributed by atoms with van der Waals surface area (Å²) in [5.74, 6) is -0.519. The van der Waals surface area contributed by atoms with Gasteiger partial charge in [-0.1, -0.05) is 13.3 Å². The molecule has 1 saturated heterocycles. The van der Waals surface area contributed by atoms with Crippen LogP contribution < -0.4 is 5.32 Å². The number of morpholine rings is 1. The van der Waals surface area contributed by atoms with Gasteiger partial charge in [0.1, 0.15) is 6.04 Å².